The van der Waals surface area contributed by atoms with Gasteiger partial charge in [-0.3, -0.25) is 4.79 Å². The minimum atomic E-state index is -0.151. The van der Waals surface area contributed by atoms with Gasteiger partial charge in [-0.05, 0) is 42.3 Å². The number of nitrogen functional groups attached to an aromatic ring is 1. The van der Waals surface area contributed by atoms with Crippen molar-refractivity contribution in [1.29, 1.82) is 0 Å². The lowest BCUT2D eigenvalue weighted by Crippen LogP contribution is -2.16. The van der Waals surface area contributed by atoms with Gasteiger partial charge in [-0.25, -0.2) is 4.68 Å². The summed E-state index contributed by atoms with van der Waals surface area (Å²) in [4.78, 5) is 12.2. The summed E-state index contributed by atoms with van der Waals surface area (Å²) in [5, 5.41) is 12.3. The van der Waals surface area contributed by atoms with Crippen LogP contribution in [0.25, 0.3) is 11.4 Å². The molecule has 0 aliphatic rings. The third-order valence-corrected chi connectivity index (χ3v) is 5.44. The molecule has 0 aliphatic carbocycles. The number of rotatable bonds is 7. The highest BCUT2D eigenvalue weighted by Gasteiger charge is 2.16. The molecule has 6 nitrogen and oxygen atoms in total. The number of benzene rings is 2. The van der Waals surface area contributed by atoms with Crippen molar-refractivity contribution in [3.63, 3.8) is 0 Å². The topological polar surface area (TPSA) is 85.8 Å². The third-order valence-electron chi connectivity index (χ3n) is 3.95. The Labute approximate surface area is 177 Å². The second-order valence-corrected chi connectivity index (χ2v) is 7.87. The zero-order chi connectivity index (χ0) is 20.1. The van der Waals surface area contributed by atoms with Gasteiger partial charge in [0.05, 0.1) is 10.8 Å². The number of nitrogens with two attached hydrogens (primary N) is 1. The molecule has 3 N–H and O–H groups in total. The van der Waals surface area contributed by atoms with Crippen LogP contribution in [0.3, 0.4) is 0 Å². The number of hydrogen-bond acceptors (Lipinski definition) is 5. The molecule has 0 radical (unpaired) electrons. The fourth-order valence-electron chi connectivity index (χ4n) is 2.60. The molecule has 146 valence electrons. The molecule has 9 heteroatoms. The molecule has 0 fully saturated rings. The van der Waals surface area contributed by atoms with Crippen molar-refractivity contribution in [2.75, 3.05) is 16.9 Å². The highest BCUT2D eigenvalue weighted by molar-refractivity contribution is 7.99. The van der Waals surface area contributed by atoms with Gasteiger partial charge in [-0.1, -0.05) is 60.4 Å². The molecular weight excluding hydrogens is 417 g/mol. The van der Waals surface area contributed by atoms with Gasteiger partial charge >= 0.3 is 0 Å². The minimum absolute atomic E-state index is 0.151. The first-order valence-corrected chi connectivity index (χ1v) is 10.4. The van der Waals surface area contributed by atoms with Gasteiger partial charge in [-0.2, -0.15) is 0 Å². The van der Waals surface area contributed by atoms with Gasteiger partial charge < -0.3 is 11.2 Å². The summed E-state index contributed by atoms with van der Waals surface area (Å²) < 4.78 is 1.31. The van der Waals surface area contributed by atoms with E-state index in [1.165, 1.54) is 22.0 Å². The minimum Gasteiger partial charge on any atom is -0.335 e. The lowest BCUT2D eigenvalue weighted by atomic mass is 10.1. The van der Waals surface area contributed by atoms with E-state index in [0.717, 1.165) is 18.5 Å². The van der Waals surface area contributed by atoms with E-state index in [1.54, 1.807) is 18.2 Å². The van der Waals surface area contributed by atoms with Crippen molar-refractivity contribution < 1.29 is 4.79 Å². The molecule has 3 aromatic rings. The van der Waals surface area contributed by atoms with E-state index in [1.807, 2.05) is 24.3 Å². The fourth-order valence-corrected chi connectivity index (χ4v) is 3.75. The first-order valence-electron chi connectivity index (χ1n) is 8.65. The normalized spacial score (nSPS) is 10.8. The predicted molar refractivity (Wildman–Crippen MR) is 115 cm³/mol. The van der Waals surface area contributed by atoms with Crippen LogP contribution in [-0.2, 0) is 11.2 Å². The Kier molecular flexibility index (Phi) is 6.83. The maximum atomic E-state index is 12.2. The van der Waals surface area contributed by atoms with Crippen LogP contribution >= 0.6 is 35.0 Å². The number of carbonyl (C=O) groups excluding carboxylic acids is 1. The number of aryl methyl sites for hydroxylation is 1. The third kappa shape index (κ3) is 4.98. The summed E-state index contributed by atoms with van der Waals surface area (Å²) in [6, 6.07) is 12.9. The summed E-state index contributed by atoms with van der Waals surface area (Å²) >= 11 is 13.3. The summed E-state index contributed by atoms with van der Waals surface area (Å²) in [7, 11) is 0. The van der Waals surface area contributed by atoms with Crippen molar-refractivity contribution in [1.82, 2.24) is 14.9 Å². The molecule has 3 rings (SSSR count). The summed E-state index contributed by atoms with van der Waals surface area (Å²) in [6.07, 6.45) is 2.11. The molecule has 1 heterocycles. The zero-order valence-electron chi connectivity index (χ0n) is 15.2. The zero-order valence-corrected chi connectivity index (χ0v) is 17.5. The van der Waals surface area contributed by atoms with Crippen LogP contribution in [0.1, 0.15) is 18.9 Å². The highest BCUT2D eigenvalue weighted by Crippen LogP contribution is 2.30. The Hall–Kier alpha value is -2.22. The van der Waals surface area contributed by atoms with Crippen molar-refractivity contribution >= 4 is 46.6 Å². The van der Waals surface area contributed by atoms with Crippen molar-refractivity contribution in [3.05, 3.63) is 58.1 Å². The number of amides is 1. The largest absolute Gasteiger partial charge is 0.335 e. The Bertz CT molecular complexity index is 975. The molecule has 2 aromatic carbocycles. The Morgan fingerprint density at radius 1 is 1.18 bits per heavy atom. The molecular formula is C19H19Cl2N5OS. The number of hydrogen-bond donors (Lipinski definition) is 2. The number of halogens is 2. The SMILES string of the molecule is CCCc1ccc(NC(=O)CSc2nnc(-c3ccc(Cl)cc3Cl)n2N)cc1. The maximum absolute atomic E-state index is 12.2. The van der Waals surface area contributed by atoms with Gasteiger partial charge in [0.2, 0.25) is 11.1 Å². The number of nitrogens with one attached hydrogen (secondary N) is 1. The van der Waals surface area contributed by atoms with Gasteiger partial charge in [0, 0.05) is 16.3 Å². The van der Waals surface area contributed by atoms with Crippen LogP contribution in [0.2, 0.25) is 10.0 Å². The quantitative estimate of drug-likeness (QED) is 0.416. The molecule has 0 bridgehead atoms. The second-order valence-electron chi connectivity index (χ2n) is 6.08. The number of nitrogens with zero attached hydrogens (tertiary/aromatic N) is 3. The number of aromatic nitrogens is 3. The molecule has 28 heavy (non-hydrogen) atoms. The van der Waals surface area contributed by atoms with Gasteiger partial charge in [0.1, 0.15) is 0 Å². The van der Waals surface area contributed by atoms with Crippen molar-refractivity contribution in [3.8, 4) is 11.4 Å². The van der Waals surface area contributed by atoms with Crippen LogP contribution in [0.15, 0.2) is 47.6 Å². The molecule has 0 spiro atoms. The van der Waals surface area contributed by atoms with E-state index < -0.39 is 0 Å². The molecule has 0 saturated heterocycles. The summed E-state index contributed by atoms with van der Waals surface area (Å²) in [5.74, 6) is 6.48. The average molecular weight is 436 g/mol. The molecule has 0 aliphatic heterocycles. The Balaban J connectivity index is 1.61. The van der Waals surface area contributed by atoms with E-state index in [2.05, 4.69) is 22.4 Å². The molecule has 0 saturated carbocycles. The smallest absolute Gasteiger partial charge is 0.234 e. The lowest BCUT2D eigenvalue weighted by molar-refractivity contribution is -0.113. The molecule has 1 aromatic heterocycles. The van der Waals surface area contributed by atoms with E-state index in [0.29, 0.717) is 26.6 Å². The Morgan fingerprint density at radius 2 is 1.93 bits per heavy atom. The van der Waals surface area contributed by atoms with E-state index in [-0.39, 0.29) is 11.7 Å². The van der Waals surface area contributed by atoms with Crippen LogP contribution in [0.5, 0.6) is 0 Å². The van der Waals surface area contributed by atoms with E-state index in [4.69, 9.17) is 29.0 Å². The standard InChI is InChI=1S/C19H19Cl2N5OS/c1-2-3-12-4-7-14(8-5-12)23-17(27)11-28-19-25-24-18(26(19)22)15-9-6-13(20)10-16(15)21/h4-10H,2-3,11,22H2,1H3,(H,23,27). The van der Waals surface area contributed by atoms with Gasteiger partial charge in [0.25, 0.3) is 0 Å². The summed E-state index contributed by atoms with van der Waals surface area (Å²) in [6.45, 7) is 2.13. The second kappa shape index (κ2) is 9.32. The number of thioether (sulfide) groups is 1. The molecule has 0 unspecified atom stereocenters. The molecule has 0 atom stereocenters. The predicted octanol–water partition coefficient (Wildman–Crippen LogP) is 4.65. The van der Waals surface area contributed by atoms with E-state index >= 15 is 0 Å². The van der Waals surface area contributed by atoms with E-state index in [9.17, 15) is 4.79 Å². The van der Waals surface area contributed by atoms with Gasteiger partial charge in [0.15, 0.2) is 5.82 Å². The number of carbonyl (C=O) groups is 1. The average Bonchev–Trinajstić information content (AvgIpc) is 3.02. The van der Waals surface area contributed by atoms with Crippen molar-refractivity contribution in [2.45, 2.75) is 24.9 Å². The summed E-state index contributed by atoms with van der Waals surface area (Å²) in [5.41, 5.74) is 2.62. The van der Waals surface area contributed by atoms with Crippen LogP contribution in [0, 0.1) is 0 Å². The Morgan fingerprint density at radius 3 is 2.61 bits per heavy atom. The highest BCUT2D eigenvalue weighted by atomic mass is 35.5. The first-order chi connectivity index (χ1) is 13.5. The van der Waals surface area contributed by atoms with Crippen LogP contribution in [-0.4, -0.2) is 26.5 Å². The van der Waals surface area contributed by atoms with Crippen LogP contribution in [0.4, 0.5) is 5.69 Å². The maximum Gasteiger partial charge on any atom is 0.234 e. The first kappa shape index (κ1) is 20.5. The lowest BCUT2D eigenvalue weighted by Gasteiger charge is -2.07. The fraction of sp³-hybridized carbons (Fsp3) is 0.211. The monoisotopic (exact) mass is 435 g/mol. The van der Waals surface area contributed by atoms with Crippen LogP contribution < -0.4 is 11.2 Å². The van der Waals surface area contributed by atoms with Crippen molar-refractivity contribution in [2.24, 2.45) is 0 Å². The number of anilines is 1. The van der Waals surface area contributed by atoms with Gasteiger partial charge in [-0.15, -0.1) is 10.2 Å². The molecule has 1 amide bonds.